The zero-order chi connectivity index (χ0) is 15.9. The monoisotopic (exact) mass is 304 g/mol. The molecule has 0 unspecified atom stereocenters. The summed E-state index contributed by atoms with van der Waals surface area (Å²) in [6.07, 6.45) is 3.35. The Morgan fingerprint density at radius 2 is 1.50 bits per heavy atom. The summed E-state index contributed by atoms with van der Waals surface area (Å²) >= 11 is 0. The third kappa shape index (κ3) is 5.55. The number of hydrogen-bond acceptors (Lipinski definition) is 3. The molecule has 1 aromatic rings. The van der Waals surface area contributed by atoms with E-state index in [-0.39, 0.29) is 24.2 Å². The second-order valence-corrected chi connectivity index (χ2v) is 5.49. The van der Waals surface area contributed by atoms with Gasteiger partial charge in [-0.2, -0.15) is 0 Å². The molecule has 0 aromatic heterocycles. The molecule has 118 valence electrons. The fraction of sp³-hybridized carbons (Fsp3) is 0.438. The number of benzene rings is 1. The number of carbonyl (C=O) groups is 3. The number of amides is 2. The van der Waals surface area contributed by atoms with E-state index in [2.05, 4.69) is 10.6 Å². The second kappa shape index (κ2) is 7.59. The number of carbonyl (C=O) groups excluding carboxylic acids is 2. The van der Waals surface area contributed by atoms with Gasteiger partial charge in [0.25, 0.3) is 0 Å². The molecule has 0 saturated heterocycles. The van der Waals surface area contributed by atoms with Crippen molar-refractivity contribution < 1.29 is 19.5 Å². The Morgan fingerprint density at radius 1 is 0.955 bits per heavy atom. The van der Waals surface area contributed by atoms with Crippen molar-refractivity contribution in [2.75, 3.05) is 10.6 Å². The van der Waals surface area contributed by atoms with Gasteiger partial charge in [-0.05, 0) is 49.9 Å². The van der Waals surface area contributed by atoms with Crippen LogP contribution in [0.3, 0.4) is 0 Å². The van der Waals surface area contributed by atoms with Crippen LogP contribution in [-0.4, -0.2) is 22.9 Å². The number of unbranched alkanes of at least 4 members (excludes halogenated alkanes) is 1. The zero-order valence-electron chi connectivity index (χ0n) is 12.3. The SMILES string of the molecule is O=C(O)CCCCC(=O)Nc1ccc(NC(=O)C2CC2)cc1. The molecule has 0 heterocycles. The molecular weight excluding hydrogens is 284 g/mol. The van der Waals surface area contributed by atoms with E-state index >= 15 is 0 Å². The zero-order valence-corrected chi connectivity index (χ0v) is 12.3. The summed E-state index contributed by atoms with van der Waals surface area (Å²) in [5, 5.41) is 14.1. The van der Waals surface area contributed by atoms with Crippen LogP contribution in [0.15, 0.2) is 24.3 Å². The first-order chi connectivity index (χ1) is 10.5. The van der Waals surface area contributed by atoms with Crippen LogP contribution >= 0.6 is 0 Å². The summed E-state index contributed by atoms with van der Waals surface area (Å²) in [6, 6.07) is 6.97. The van der Waals surface area contributed by atoms with Gasteiger partial charge >= 0.3 is 5.97 Å². The third-order valence-electron chi connectivity index (χ3n) is 3.43. The van der Waals surface area contributed by atoms with Crippen molar-refractivity contribution in [2.45, 2.75) is 38.5 Å². The Bertz CT molecular complexity index is 550. The normalized spacial score (nSPS) is 13.5. The van der Waals surface area contributed by atoms with Crippen molar-refractivity contribution in [1.82, 2.24) is 0 Å². The number of carboxylic acids is 1. The van der Waals surface area contributed by atoms with Crippen LogP contribution in [0.2, 0.25) is 0 Å². The summed E-state index contributed by atoms with van der Waals surface area (Å²) in [5.74, 6) is -0.773. The van der Waals surface area contributed by atoms with E-state index in [1.807, 2.05) is 0 Å². The van der Waals surface area contributed by atoms with Gasteiger partial charge < -0.3 is 15.7 Å². The first-order valence-electron chi connectivity index (χ1n) is 7.47. The van der Waals surface area contributed by atoms with Crippen LogP contribution in [-0.2, 0) is 14.4 Å². The average molecular weight is 304 g/mol. The maximum Gasteiger partial charge on any atom is 0.303 e. The lowest BCUT2D eigenvalue weighted by Crippen LogP contribution is -2.14. The summed E-state index contributed by atoms with van der Waals surface area (Å²) in [6.45, 7) is 0. The molecule has 0 aliphatic heterocycles. The highest BCUT2D eigenvalue weighted by atomic mass is 16.4. The molecule has 6 nitrogen and oxygen atoms in total. The Hall–Kier alpha value is -2.37. The van der Waals surface area contributed by atoms with E-state index in [0.29, 0.717) is 24.9 Å². The lowest BCUT2D eigenvalue weighted by Gasteiger charge is -2.07. The molecule has 1 fully saturated rings. The van der Waals surface area contributed by atoms with Crippen LogP contribution in [0.5, 0.6) is 0 Å². The second-order valence-electron chi connectivity index (χ2n) is 5.49. The van der Waals surface area contributed by atoms with E-state index in [4.69, 9.17) is 5.11 Å². The number of aliphatic carboxylic acids is 1. The minimum absolute atomic E-state index is 0.0511. The number of nitrogens with one attached hydrogen (secondary N) is 2. The minimum Gasteiger partial charge on any atom is -0.481 e. The predicted octanol–water partition coefficient (Wildman–Crippen LogP) is 2.62. The van der Waals surface area contributed by atoms with Crippen molar-refractivity contribution in [3.8, 4) is 0 Å². The number of anilines is 2. The molecule has 0 bridgehead atoms. The molecule has 1 aliphatic rings. The van der Waals surface area contributed by atoms with E-state index in [9.17, 15) is 14.4 Å². The molecule has 0 spiro atoms. The average Bonchev–Trinajstić information content (AvgIpc) is 3.30. The summed E-state index contributed by atoms with van der Waals surface area (Å²) in [7, 11) is 0. The molecule has 22 heavy (non-hydrogen) atoms. The van der Waals surface area contributed by atoms with Gasteiger partial charge in [-0.25, -0.2) is 0 Å². The van der Waals surface area contributed by atoms with Crippen LogP contribution in [0.25, 0.3) is 0 Å². The molecule has 2 rings (SSSR count). The highest BCUT2D eigenvalue weighted by Gasteiger charge is 2.29. The Balaban J connectivity index is 1.71. The van der Waals surface area contributed by atoms with Crippen LogP contribution in [0.4, 0.5) is 11.4 Å². The van der Waals surface area contributed by atoms with E-state index in [0.717, 1.165) is 18.5 Å². The first kappa shape index (κ1) is 16.0. The smallest absolute Gasteiger partial charge is 0.303 e. The fourth-order valence-corrected chi connectivity index (χ4v) is 2.01. The molecule has 1 aliphatic carbocycles. The summed E-state index contributed by atoms with van der Waals surface area (Å²) < 4.78 is 0. The van der Waals surface area contributed by atoms with Crippen LogP contribution in [0.1, 0.15) is 38.5 Å². The standard InChI is InChI=1S/C16H20N2O4/c19-14(3-1-2-4-15(20)21)17-12-7-9-13(10-8-12)18-16(22)11-5-6-11/h7-11H,1-6H2,(H,17,19)(H,18,22)(H,20,21). The quantitative estimate of drug-likeness (QED) is 0.643. The van der Waals surface area contributed by atoms with Crippen molar-refractivity contribution in [2.24, 2.45) is 5.92 Å². The van der Waals surface area contributed by atoms with Gasteiger partial charge in [-0.1, -0.05) is 0 Å². The maximum atomic E-state index is 11.7. The Morgan fingerprint density at radius 3 is 2.05 bits per heavy atom. The lowest BCUT2D eigenvalue weighted by molar-refractivity contribution is -0.137. The molecule has 6 heteroatoms. The third-order valence-corrected chi connectivity index (χ3v) is 3.43. The van der Waals surface area contributed by atoms with E-state index in [1.54, 1.807) is 24.3 Å². The summed E-state index contributed by atoms with van der Waals surface area (Å²) in [4.78, 5) is 33.7. The van der Waals surface area contributed by atoms with Crippen LogP contribution < -0.4 is 10.6 Å². The molecule has 0 radical (unpaired) electrons. The largest absolute Gasteiger partial charge is 0.481 e. The number of carboxylic acid groups (broad SMARTS) is 1. The van der Waals surface area contributed by atoms with Crippen molar-refractivity contribution in [3.63, 3.8) is 0 Å². The lowest BCUT2D eigenvalue weighted by atomic mass is 10.2. The van der Waals surface area contributed by atoms with Gasteiger partial charge in [0.1, 0.15) is 0 Å². The minimum atomic E-state index is -0.843. The predicted molar refractivity (Wildman–Crippen MR) is 82.5 cm³/mol. The van der Waals surface area contributed by atoms with Crippen molar-refractivity contribution in [1.29, 1.82) is 0 Å². The molecular formula is C16H20N2O4. The first-order valence-corrected chi connectivity index (χ1v) is 7.47. The Labute approximate surface area is 128 Å². The van der Waals surface area contributed by atoms with Gasteiger partial charge in [-0.3, -0.25) is 14.4 Å². The molecule has 2 amide bonds. The maximum absolute atomic E-state index is 11.7. The molecule has 3 N–H and O–H groups in total. The molecule has 1 aromatic carbocycles. The van der Waals surface area contributed by atoms with Gasteiger partial charge in [0.2, 0.25) is 11.8 Å². The highest BCUT2D eigenvalue weighted by molar-refractivity contribution is 5.95. The molecule has 1 saturated carbocycles. The highest BCUT2D eigenvalue weighted by Crippen LogP contribution is 2.30. The van der Waals surface area contributed by atoms with Crippen LogP contribution in [0, 0.1) is 5.92 Å². The molecule has 0 atom stereocenters. The van der Waals surface area contributed by atoms with E-state index in [1.165, 1.54) is 0 Å². The van der Waals surface area contributed by atoms with Gasteiger partial charge in [0, 0.05) is 30.1 Å². The summed E-state index contributed by atoms with van der Waals surface area (Å²) in [5.41, 5.74) is 1.38. The number of rotatable bonds is 8. The van der Waals surface area contributed by atoms with Gasteiger partial charge in [0.05, 0.1) is 0 Å². The topological polar surface area (TPSA) is 95.5 Å². The van der Waals surface area contributed by atoms with Gasteiger partial charge in [0.15, 0.2) is 0 Å². The Kier molecular flexibility index (Phi) is 5.52. The van der Waals surface area contributed by atoms with Gasteiger partial charge in [-0.15, -0.1) is 0 Å². The number of hydrogen-bond donors (Lipinski definition) is 3. The van der Waals surface area contributed by atoms with E-state index < -0.39 is 5.97 Å². The van der Waals surface area contributed by atoms with Crippen molar-refractivity contribution >= 4 is 29.2 Å². The fourth-order valence-electron chi connectivity index (χ4n) is 2.01. The van der Waals surface area contributed by atoms with Crippen molar-refractivity contribution in [3.05, 3.63) is 24.3 Å².